The molecule has 1 nitrogen and oxygen atoms in total. The number of hydrogen-bond donors (Lipinski definition) is 0. The van der Waals surface area contributed by atoms with Crippen molar-refractivity contribution in [2.75, 3.05) is 4.90 Å². The third kappa shape index (κ3) is 5.13. The van der Waals surface area contributed by atoms with Crippen molar-refractivity contribution in [2.45, 2.75) is 0 Å². The summed E-state index contributed by atoms with van der Waals surface area (Å²) in [4.78, 5) is 2.34. The maximum Gasteiger partial charge on any atom is 0.0462 e. The Hall–Kier alpha value is -5.96. The lowest BCUT2D eigenvalue weighted by Crippen LogP contribution is -2.09. The zero-order valence-corrected chi connectivity index (χ0v) is 27.1. The summed E-state index contributed by atoms with van der Waals surface area (Å²) in [6.45, 7) is 0. The lowest BCUT2D eigenvalue weighted by molar-refractivity contribution is 1.28. The minimum absolute atomic E-state index is 1.12. The molecule has 9 aromatic rings. The van der Waals surface area contributed by atoms with Gasteiger partial charge in [0.15, 0.2) is 0 Å². The number of nitrogens with zero attached hydrogens (tertiary/aromatic N) is 1. The van der Waals surface area contributed by atoms with Crippen molar-refractivity contribution in [1.29, 1.82) is 0 Å². The number of thiophene rings is 1. The average molecular weight is 630 g/mol. The lowest BCUT2D eigenvalue weighted by Gasteiger charge is -2.26. The molecule has 0 amide bonds. The molecule has 0 bridgehead atoms. The fraction of sp³-hybridized carbons (Fsp3) is 0. The fourth-order valence-electron chi connectivity index (χ4n) is 6.84. The molecule has 2 heteroatoms. The van der Waals surface area contributed by atoms with Gasteiger partial charge in [-0.25, -0.2) is 0 Å². The highest BCUT2D eigenvalue weighted by atomic mass is 32.1. The quantitative estimate of drug-likeness (QED) is 0.177. The van der Waals surface area contributed by atoms with Crippen LogP contribution in [0.25, 0.3) is 64.3 Å². The molecule has 0 atom stereocenters. The molecule has 0 radical (unpaired) electrons. The molecule has 0 aliphatic carbocycles. The van der Waals surface area contributed by atoms with E-state index in [4.69, 9.17) is 0 Å². The Balaban J connectivity index is 1.11. The Kier molecular flexibility index (Phi) is 7.07. The summed E-state index contributed by atoms with van der Waals surface area (Å²) >= 11 is 1.87. The first-order valence-electron chi connectivity index (χ1n) is 16.3. The van der Waals surface area contributed by atoms with E-state index >= 15 is 0 Å². The Bertz CT molecular complexity index is 2430. The molecule has 1 aromatic heterocycles. The zero-order valence-electron chi connectivity index (χ0n) is 26.3. The average Bonchev–Trinajstić information content (AvgIpc) is 3.56. The molecular formula is C46H31NS. The summed E-state index contributed by atoms with van der Waals surface area (Å²) in [6.07, 6.45) is 0. The molecule has 48 heavy (non-hydrogen) atoms. The van der Waals surface area contributed by atoms with Crippen molar-refractivity contribution >= 4 is 59.3 Å². The molecule has 0 saturated heterocycles. The largest absolute Gasteiger partial charge is 0.311 e. The highest BCUT2D eigenvalue weighted by molar-refractivity contribution is 7.26. The van der Waals surface area contributed by atoms with Crippen LogP contribution >= 0.6 is 11.3 Å². The van der Waals surface area contributed by atoms with Gasteiger partial charge in [0, 0.05) is 37.2 Å². The van der Waals surface area contributed by atoms with E-state index in [1.54, 1.807) is 0 Å². The van der Waals surface area contributed by atoms with E-state index in [9.17, 15) is 0 Å². The molecule has 1 heterocycles. The van der Waals surface area contributed by atoms with Gasteiger partial charge in [0.05, 0.1) is 0 Å². The number of rotatable bonds is 6. The number of benzene rings is 8. The van der Waals surface area contributed by atoms with Gasteiger partial charge in [0.2, 0.25) is 0 Å². The van der Waals surface area contributed by atoms with Crippen LogP contribution in [-0.4, -0.2) is 0 Å². The Morgan fingerprint density at radius 3 is 1.31 bits per heavy atom. The van der Waals surface area contributed by atoms with Crippen molar-refractivity contribution in [3.63, 3.8) is 0 Å². The summed E-state index contributed by atoms with van der Waals surface area (Å²) in [6, 6.07) is 68.0. The molecule has 0 aliphatic heterocycles. The van der Waals surface area contributed by atoms with Crippen molar-refractivity contribution in [3.8, 4) is 33.4 Å². The highest BCUT2D eigenvalue weighted by Gasteiger charge is 2.15. The molecule has 9 rings (SSSR count). The normalized spacial score (nSPS) is 11.3. The Labute approximate surface area is 284 Å². The van der Waals surface area contributed by atoms with Gasteiger partial charge in [-0.1, -0.05) is 133 Å². The molecule has 0 spiro atoms. The Morgan fingerprint density at radius 2 is 0.750 bits per heavy atom. The van der Waals surface area contributed by atoms with E-state index in [1.165, 1.54) is 64.3 Å². The molecule has 0 unspecified atom stereocenters. The molecular weight excluding hydrogens is 599 g/mol. The van der Waals surface area contributed by atoms with E-state index in [0.717, 1.165) is 17.1 Å². The van der Waals surface area contributed by atoms with Crippen molar-refractivity contribution in [1.82, 2.24) is 0 Å². The summed E-state index contributed by atoms with van der Waals surface area (Å²) in [5.41, 5.74) is 10.6. The summed E-state index contributed by atoms with van der Waals surface area (Å²) in [5.74, 6) is 0. The van der Waals surface area contributed by atoms with Crippen LogP contribution < -0.4 is 4.90 Å². The first kappa shape index (κ1) is 28.3. The van der Waals surface area contributed by atoms with Gasteiger partial charge in [-0.05, 0) is 98.8 Å². The first-order chi connectivity index (χ1) is 23.8. The van der Waals surface area contributed by atoms with Gasteiger partial charge in [-0.2, -0.15) is 0 Å². The van der Waals surface area contributed by atoms with Crippen molar-refractivity contribution in [3.05, 3.63) is 188 Å². The third-order valence-corrected chi connectivity index (χ3v) is 10.4. The van der Waals surface area contributed by atoms with Crippen molar-refractivity contribution < 1.29 is 0 Å². The minimum atomic E-state index is 1.12. The topological polar surface area (TPSA) is 3.24 Å². The SMILES string of the molecule is c1ccc(-c2ccc(N(c3ccc(-c4ccccc4)cc3)c3ccc(-c4ccc5ccc6sc7ccccc7c6c5c4)cc3)cc2)cc1. The maximum absolute atomic E-state index is 2.37. The summed E-state index contributed by atoms with van der Waals surface area (Å²) in [5, 5.41) is 5.28. The lowest BCUT2D eigenvalue weighted by atomic mass is 9.98. The number of fused-ring (bicyclic) bond motifs is 5. The Morgan fingerprint density at radius 1 is 0.312 bits per heavy atom. The molecule has 226 valence electrons. The van der Waals surface area contributed by atoms with E-state index in [-0.39, 0.29) is 0 Å². The van der Waals surface area contributed by atoms with Gasteiger partial charge >= 0.3 is 0 Å². The van der Waals surface area contributed by atoms with Gasteiger partial charge in [-0.15, -0.1) is 11.3 Å². The standard InChI is InChI=1S/C46H31NS/c1-3-9-32(10-4-1)34-17-24-39(25-18-34)47(40-26-19-35(20-27-40)33-11-5-2-6-12-33)41-28-21-36(22-29-41)38-16-15-37-23-30-45-46(43(37)31-38)42-13-7-8-14-44(42)48-45/h1-31H. The molecule has 0 saturated carbocycles. The maximum atomic E-state index is 2.37. The fourth-order valence-corrected chi connectivity index (χ4v) is 7.96. The van der Waals surface area contributed by atoms with E-state index in [0.29, 0.717) is 0 Å². The second-order valence-electron chi connectivity index (χ2n) is 12.2. The van der Waals surface area contributed by atoms with E-state index < -0.39 is 0 Å². The van der Waals surface area contributed by atoms with Crippen LogP contribution in [0.5, 0.6) is 0 Å². The first-order valence-corrected chi connectivity index (χ1v) is 17.2. The molecule has 8 aromatic carbocycles. The summed E-state index contributed by atoms with van der Waals surface area (Å²) in [7, 11) is 0. The van der Waals surface area contributed by atoms with E-state index in [1.807, 2.05) is 11.3 Å². The molecule has 0 fully saturated rings. The highest BCUT2D eigenvalue weighted by Crippen LogP contribution is 2.41. The minimum Gasteiger partial charge on any atom is -0.311 e. The molecule has 0 N–H and O–H groups in total. The van der Waals surface area contributed by atoms with Crippen LogP contribution in [0, 0.1) is 0 Å². The number of anilines is 3. The van der Waals surface area contributed by atoms with E-state index in [2.05, 4.69) is 193 Å². The third-order valence-electron chi connectivity index (χ3n) is 9.28. The molecule has 0 aliphatic rings. The van der Waals surface area contributed by atoms with Crippen molar-refractivity contribution in [2.24, 2.45) is 0 Å². The van der Waals surface area contributed by atoms with Crippen LogP contribution in [0.15, 0.2) is 188 Å². The zero-order chi connectivity index (χ0) is 31.9. The monoisotopic (exact) mass is 629 g/mol. The van der Waals surface area contributed by atoms with Crippen LogP contribution in [0.1, 0.15) is 0 Å². The number of hydrogen-bond acceptors (Lipinski definition) is 2. The van der Waals surface area contributed by atoms with Gasteiger partial charge in [0.25, 0.3) is 0 Å². The van der Waals surface area contributed by atoms with Crippen LogP contribution in [0.3, 0.4) is 0 Å². The summed E-state index contributed by atoms with van der Waals surface area (Å²) < 4.78 is 2.67. The van der Waals surface area contributed by atoms with Gasteiger partial charge in [-0.3, -0.25) is 0 Å². The van der Waals surface area contributed by atoms with Crippen LogP contribution in [0.2, 0.25) is 0 Å². The predicted octanol–water partition coefficient (Wildman–Crippen LogP) is 13.7. The van der Waals surface area contributed by atoms with Crippen LogP contribution in [0.4, 0.5) is 17.1 Å². The van der Waals surface area contributed by atoms with Crippen LogP contribution in [-0.2, 0) is 0 Å². The van der Waals surface area contributed by atoms with Gasteiger partial charge in [0.1, 0.15) is 0 Å². The second kappa shape index (κ2) is 12.0. The predicted molar refractivity (Wildman–Crippen MR) is 208 cm³/mol. The second-order valence-corrected chi connectivity index (χ2v) is 13.3. The van der Waals surface area contributed by atoms with Gasteiger partial charge < -0.3 is 4.90 Å². The smallest absolute Gasteiger partial charge is 0.0462 e.